The second kappa shape index (κ2) is 6.27. The van der Waals surface area contributed by atoms with Gasteiger partial charge in [-0.25, -0.2) is 4.98 Å². The van der Waals surface area contributed by atoms with Gasteiger partial charge in [0.05, 0.1) is 18.5 Å². The predicted molar refractivity (Wildman–Crippen MR) is 93.2 cm³/mol. The Kier molecular flexibility index (Phi) is 4.11. The van der Waals surface area contributed by atoms with Gasteiger partial charge in [0.1, 0.15) is 10.7 Å². The van der Waals surface area contributed by atoms with Gasteiger partial charge in [0.25, 0.3) is 5.56 Å². The van der Waals surface area contributed by atoms with Gasteiger partial charge in [-0.3, -0.25) is 19.4 Å². The van der Waals surface area contributed by atoms with E-state index in [4.69, 9.17) is 10.7 Å². The Labute approximate surface area is 143 Å². The van der Waals surface area contributed by atoms with Gasteiger partial charge in [-0.15, -0.1) is 11.3 Å². The number of rotatable bonds is 4. The predicted octanol–water partition coefficient (Wildman–Crippen LogP) is 0.0762. The Morgan fingerprint density at radius 2 is 1.96 bits per heavy atom. The number of piperazine rings is 1. The SMILES string of the molecule is NC(=O)CN1CCN(Cc2nc3sc4c(c3c(=O)[nH]2)CCC4)CC1. The zero-order valence-electron chi connectivity index (χ0n) is 13.5. The third-order valence-electron chi connectivity index (χ3n) is 4.84. The van der Waals surface area contributed by atoms with Crippen molar-refractivity contribution in [3.05, 3.63) is 26.6 Å². The largest absolute Gasteiger partial charge is 0.369 e. The van der Waals surface area contributed by atoms with E-state index in [0.29, 0.717) is 13.1 Å². The number of H-pyrrole nitrogens is 1. The molecule has 8 heteroatoms. The van der Waals surface area contributed by atoms with E-state index in [2.05, 4.69) is 14.8 Å². The van der Waals surface area contributed by atoms with Crippen LogP contribution in [0.1, 0.15) is 22.7 Å². The van der Waals surface area contributed by atoms with E-state index in [1.165, 1.54) is 10.4 Å². The molecule has 4 rings (SSSR count). The van der Waals surface area contributed by atoms with Gasteiger partial charge >= 0.3 is 0 Å². The first kappa shape index (κ1) is 15.7. The first-order chi connectivity index (χ1) is 11.6. The van der Waals surface area contributed by atoms with E-state index >= 15 is 0 Å². The van der Waals surface area contributed by atoms with Crippen molar-refractivity contribution in [2.45, 2.75) is 25.8 Å². The third kappa shape index (κ3) is 2.97. The lowest BCUT2D eigenvalue weighted by molar-refractivity contribution is -0.119. The molecule has 3 heterocycles. The topological polar surface area (TPSA) is 95.3 Å². The summed E-state index contributed by atoms with van der Waals surface area (Å²) in [5, 5.41) is 0.808. The van der Waals surface area contributed by atoms with Crippen LogP contribution in [-0.2, 0) is 24.2 Å². The molecule has 2 aromatic rings. The molecule has 0 saturated carbocycles. The van der Waals surface area contributed by atoms with Crippen molar-refractivity contribution >= 4 is 27.5 Å². The highest BCUT2D eigenvalue weighted by Gasteiger charge is 2.22. The number of hydrogen-bond donors (Lipinski definition) is 2. The van der Waals surface area contributed by atoms with Crippen LogP contribution < -0.4 is 11.3 Å². The molecular formula is C16H21N5O2S. The number of nitrogens with one attached hydrogen (secondary N) is 1. The van der Waals surface area contributed by atoms with Crippen LogP contribution in [0.2, 0.25) is 0 Å². The molecule has 1 fully saturated rings. The number of aryl methyl sites for hydroxylation is 2. The van der Waals surface area contributed by atoms with E-state index < -0.39 is 0 Å². The molecule has 0 radical (unpaired) electrons. The maximum atomic E-state index is 12.5. The highest BCUT2D eigenvalue weighted by molar-refractivity contribution is 7.18. The molecular weight excluding hydrogens is 326 g/mol. The summed E-state index contributed by atoms with van der Waals surface area (Å²) in [5.74, 6) is 0.446. The molecule has 1 saturated heterocycles. The van der Waals surface area contributed by atoms with Crippen LogP contribution in [0, 0.1) is 0 Å². The number of carbonyl (C=O) groups excluding carboxylic acids is 1. The highest BCUT2D eigenvalue weighted by Crippen LogP contribution is 2.34. The number of aromatic amines is 1. The lowest BCUT2D eigenvalue weighted by atomic mass is 10.2. The molecule has 1 aliphatic carbocycles. The summed E-state index contributed by atoms with van der Waals surface area (Å²) in [4.78, 5) is 37.6. The molecule has 1 amide bonds. The molecule has 0 aromatic carbocycles. The molecule has 1 aliphatic heterocycles. The van der Waals surface area contributed by atoms with Crippen LogP contribution in [0.25, 0.3) is 10.2 Å². The first-order valence-corrected chi connectivity index (χ1v) is 9.18. The number of nitrogens with two attached hydrogens (primary N) is 1. The highest BCUT2D eigenvalue weighted by atomic mass is 32.1. The summed E-state index contributed by atoms with van der Waals surface area (Å²) in [6, 6.07) is 0. The van der Waals surface area contributed by atoms with Gasteiger partial charge in [-0.05, 0) is 24.8 Å². The molecule has 2 aliphatic rings. The van der Waals surface area contributed by atoms with Crippen molar-refractivity contribution in [1.29, 1.82) is 0 Å². The number of carbonyl (C=O) groups is 1. The molecule has 0 atom stereocenters. The minimum Gasteiger partial charge on any atom is -0.369 e. The smallest absolute Gasteiger partial charge is 0.259 e. The summed E-state index contributed by atoms with van der Waals surface area (Å²) in [5.41, 5.74) is 6.46. The quantitative estimate of drug-likeness (QED) is 0.816. The lowest BCUT2D eigenvalue weighted by Gasteiger charge is -2.33. The number of fused-ring (bicyclic) bond motifs is 3. The number of amides is 1. The van der Waals surface area contributed by atoms with Crippen molar-refractivity contribution in [3.8, 4) is 0 Å². The first-order valence-electron chi connectivity index (χ1n) is 8.36. The molecule has 2 aromatic heterocycles. The Balaban J connectivity index is 1.48. The van der Waals surface area contributed by atoms with E-state index in [1.54, 1.807) is 11.3 Å². The second-order valence-corrected chi connectivity index (χ2v) is 7.65. The fraction of sp³-hybridized carbons (Fsp3) is 0.562. The van der Waals surface area contributed by atoms with Crippen molar-refractivity contribution in [2.75, 3.05) is 32.7 Å². The van der Waals surface area contributed by atoms with Crippen molar-refractivity contribution in [2.24, 2.45) is 5.73 Å². The summed E-state index contributed by atoms with van der Waals surface area (Å²) >= 11 is 1.67. The number of thiophene rings is 1. The van der Waals surface area contributed by atoms with E-state index in [1.807, 2.05) is 0 Å². The fourth-order valence-electron chi connectivity index (χ4n) is 3.66. The molecule has 24 heavy (non-hydrogen) atoms. The van der Waals surface area contributed by atoms with Crippen LogP contribution in [0.5, 0.6) is 0 Å². The summed E-state index contributed by atoms with van der Waals surface area (Å²) in [7, 11) is 0. The average molecular weight is 347 g/mol. The van der Waals surface area contributed by atoms with E-state index in [0.717, 1.165) is 61.5 Å². The van der Waals surface area contributed by atoms with Gasteiger partial charge in [-0.2, -0.15) is 0 Å². The van der Waals surface area contributed by atoms with E-state index in [9.17, 15) is 9.59 Å². The van der Waals surface area contributed by atoms with Crippen LogP contribution >= 0.6 is 11.3 Å². The van der Waals surface area contributed by atoms with Gasteiger partial charge in [-0.1, -0.05) is 0 Å². The number of nitrogens with zero attached hydrogens (tertiary/aromatic N) is 3. The maximum absolute atomic E-state index is 12.5. The minimum absolute atomic E-state index is 0.00163. The fourth-order valence-corrected chi connectivity index (χ4v) is 4.94. The third-order valence-corrected chi connectivity index (χ3v) is 6.03. The Morgan fingerprint density at radius 3 is 2.71 bits per heavy atom. The summed E-state index contributed by atoms with van der Waals surface area (Å²) in [6.45, 7) is 4.26. The minimum atomic E-state index is -0.286. The van der Waals surface area contributed by atoms with E-state index in [-0.39, 0.29) is 11.5 Å². The Bertz CT molecular complexity index is 835. The van der Waals surface area contributed by atoms with Crippen LogP contribution in [0.3, 0.4) is 0 Å². The Hall–Kier alpha value is -1.77. The molecule has 7 nitrogen and oxygen atoms in total. The molecule has 0 spiro atoms. The summed E-state index contributed by atoms with van der Waals surface area (Å²) in [6.07, 6.45) is 3.22. The average Bonchev–Trinajstić information content (AvgIpc) is 3.09. The zero-order valence-corrected chi connectivity index (χ0v) is 14.3. The monoisotopic (exact) mass is 347 g/mol. The normalized spacial score (nSPS) is 19.0. The zero-order chi connectivity index (χ0) is 16.7. The lowest BCUT2D eigenvalue weighted by Crippen LogP contribution is -2.48. The summed E-state index contributed by atoms with van der Waals surface area (Å²) < 4.78 is 0. The van der Waals surface area contributed by atoms with Crippen molar-refractivity contribution in [3.63, 3.8) is 0 Å². The number of hydrogen-bond acceptors (Lipinski definition) is 6. The van der Waals surface area contributed by atoms with Crippen LogP contribution in [0.4, 0.5) is 0 Å². The van der Waals surface area contributed by atoms with Crippen LogP contribution in [-0.4, -0.2) is 58.4 Å². The number of primary amides is 1. The van der Waals surface area contributed by atoms with Gasteiger partial charge in [0.2, 0.25) is 5.91 Å². The molecule has 0 unspecified atom stereocenters. The van der Waals surface area contributed by atoms with Crippen molar-refractivity contribution < 1.29 is 4.79 Å². The van der Waals surface area contributed by atoms with Gasteiger partial charge in [0, 0.05) is 31.1 Å². The van der Waals surface area contributed by atoms with Crippen LogP contribution in [0.15, 0.2) is 4.79 Å². The molecule has 0 bridgehead atoms. The number of aromatic nitrogens is 2. The van der Waals surface area contributed by atoms with Gasteiger partial charge in [0.15, 0.2) is 0 Å². The molecule has 3 N–H and O–H groups in total. The molecule has 128 valence electrons. The maximum Gasteiger partial charge on any atom is 0.259 e. The second-order valence-electron chi connectivity index (χ2n) is 6.57. The van der Waals surface area contributed by atoms with Crippen molar-refractivity contribution in [1.82, 2.24) is 19.8 Å². The van der Waals surface area contributed by atoms with Gasteiger partial charge < -0.3 is 10.7 Å². The Morgan fingerprint density at radius 1 is 1.21 bits per heavy atom. The standard InChI is InChI=1S/C16H21N5O2S/c17-12(22)8-20-4-6-21(7-5-20)9-13-18-15(23)14-10-2-1-3-11(10)24-16(14)19-13/h1-9H2,(H2,17,22)(H,18,19,23).